The third-order valence-corrected chi connectivity index (χ3v) is 3.78. The van der Waals surface area contributed by atoms with Gasteiger partial charge in [0.1, 0.15) is 0 Å². The molecule has 0 saturated carbocycles. The molecule has 4 heteroatoms. The van der Waals surface area contributed by atoms with Gasteiger partial charge in [0, 0.05) is 37.3 Å². The third-order valence-electron chi connectivity index (χ3n) is 3.78. The number of pyridine rings is 1. The fraction of sp³-hybridized carbons (Fsp3) is 0.438. The number of ether oxygens (including phenoxy) is 1. The highest BCUT2D eigenvalue weighted by molar-refractivity contribution is 5.79. The maximum atomic E-state index is 5.69. The van der Waals surface area contributed by atoms with Gasteiger partial charge in [0.05, 0.1) is 18.2 Å². The van der Waals surface area contributed by atoms with Crippen molar-refractivity contribution < 1.29 is 4.74 Å². The number of hydrogen-bond acceptors (Lipinski definition) is 4. The molecule has 2 aromatic rings. The molecule has 2 N–H and O–H groups in total. The fourth-order valence-electron chi connectivity index (χ4n) is 2.70. The summed E-state index contributed by atoms with van der Waals surface area (Å²) in [6.07, 6.45) is 0.175. The molecule has 1 aliphatic rings. The fourth-order valence-corrected chi connectivity index (χ4v) is 2.70. The van der Waals surface area contributed by atoms with Crippen molar-refractivity contribution in [3.8, 4) is 0 Å². The van der Waals surface area contributed by atoms with Crippen molar-refractivity contribution in [2.75, 3.05) is 26.2 Å². The third kappa shape index (κ3) is 2.98. The lowest BCUT2D eigenvalue weighted by Gasteiger charge is -2.32. The molecule has 3 rings (SSSR count). The van der Waals surface area contributed by atoms with Gasteiger partial charge in [0.25, 0.3) is 0 Å². The smallest absolute Gasteiger partial charge is 0.0824 e. The van der Waals surface area contributed by atoms with E-state index in [1.165, 1.54) is 10.9 Å². The Labute approximate surface area is 119 Å². The first-order valence-electron chi connectivity index (χ1n) is 7.15. The Morgan fingerprint density at radius 2 is 2.25 bits per heavy atom. The van der Waals surface area contributed by atoms with Gasteiger partial charge in [-0.2, -0.15) is 0 Å². The normalized spacial score (nSPS) is 20.4. The van der Waals surface area contributed by atoms with Crippen molar-refractivity contribution in [1.29, 1.82) is 0 Å². The molecular weight excluding hydrogens is 250 g/mol. The van der Waals surface area contributed by atoms with Crippen LogP contribution in [0.5, 0.6) is 0 Å². The van der Waals surface area contributed by atoms with Gasteiger partial charge in [-0.3, -0.25) is 9.88 Å². The molecule has 1 aliphatic heterocycles. The van der Waals surface area contributed by atoms with Crippen LogP contribution in [0, 0.1) is 6.92 Å². The van der Waals surface area contributed by atoms with E-state index in [2.05, 4.69) is 40.2 Å². The molecule has 0 aliphatic carbocycles. The highest BCUT2D eigenvalue weighted by atomic mass is 16.5. The molecule has 106 valence electrons. The summed E-state index contributed by atoms with van der Waals surface area (Å²) in [7, 11) is 0. The van der Waals surface area contributed by atoms with Gasteiger partial charge in [-0.25, -0.2) is 0 Å². The summed E-state index contributed by atoms with van der Waals surface area (Å²) in [5.74, 6) is 0. The van der Waals surface area contributed by atoms with Crippen LogP contribution in [-0.2, 0) is 11.3 Å². The summed E-state index contributed by atoms with van der Waals surface area (Å²) in [6.45, 7) is 6.23. The van der Waals surface area contributed by atoms with E-state index in [-0.39, 0.29) is 6.10 Å². The second-order valence-corrected chi connectivity index (χ2v) is 5.44. The number of benzene rings is 1. The first kappa shape index (κ1) is 13.5. The topological polar surface area (TPSA) is 51.4 Å². The second-order valence-electron chi connectivity index (χ2n) is 5.44. The Hall–Kier alpha value is -1.49. The van der Waals surface area contributed by atoms with E-state index >= 15 is 0 Å². The average molecular weight is 271 g/mol. The predicted octanol–water partition coefficient (Wildman–Crippen LogP) is 1.70. The Bertz CT molecular complexity index is 599. The monoisotopic (exact) mass is 271 g/mol. The first-order valence-corrected chi connectivity index (χ1v) is 7.15. The molecular formula is C16H21N3O. The standard InChI is InChI=1S/C16H21N3O/c1-12-2-4-14-8-13(3-5-16(14)18-12)10-19-6-7-20-15(9-17)11-19/h2-5,8,15H,6-7,9-11,17H2,1H3. The van der Waals surface area contributed by atoms with Crippen LogP contribution >= 0.6 is 0 Å². The van der Waals surface area contributed by atoms with E-state index in [0.29, 0.717) is 6.54 Å². The minimum atomic E-state index is 0.175. The van der Waals surface area contributed by atoms with Crippen LogP contribution in [0.1, 0.15) is 11.3 Å². The molecule has 0 bridgehead atoms. The lowest BCUT2D eigenvalue weighted by Crippen LogP contribution is -2.45. The van der Waals surface area contributed by atoms with Crippen molar-refractivity contribution in [3.63, 3.8) is 0 Å². The Kier molecular flexibility index (Phi) is 3.96. The number of rotatable bonds is 3. The number of hydrogen-bond donors (Lipinski definition) is 1. The van der Waals surface area contributed by atoms with Crippen molar-refractivity contribution >= 4 is 10.9 Å². The maximum Gasteiger partial charge on any atom is 0.0824 e. The number of aromatic nitrogens is 1. The zero-order valence-corrected chi connectivity index (χ0v) is 11.9. The lowest BCUT2D eigenvalue weighted by molar-refractivity contribution is -0.0260. The molecule has 0 amide bonds. The summed E-state index contributed by atoms with van der Waals surface area (Å²) < 4.78 is 5.60. The zero-order chi connectivity index (χ0) is 13.9. The van der Waals surface area contributed by atoms with Gasteiger partial charge in [-0.15, -0.1) is 0 Å². The molecule has 1 aromatic heterocycles. The van der Waals surface area contributed by atoms with Gasteiger partial charge in [0.2, 0.25) is 0 Å². The van der Waals surface area contributed by atoms with Crippen LogP contribution in [0.4, 0.5) is 0 Å². The Morgan fingerprint density at radius 3 is 3.10 bits per heavy atom. The SMILES string of the molecule is Cc1ccc2cc(CN3CCOC(CN)C3)ccc2n1. The van der Waals surface area contributed by atoms with E-state index in [0.717, 1.165) is 37.5 Å². The van der Waals surface area contributed by atoms with Crippen molar-refractivity contribution in [2.45, 2.75) is 19.6 Å². The van der Waals surface area contributed by atoms with Crippen molar-refractivity contribution in [1.82, 2.24) is 9.88 Å². The highest BCUT2D eigenvalue weighted by Crippen LogP contribution is 2.17. The first-order chi connectivity index (χ1) is 9.74. The maximum absolute atomic E-state index is 5.69. The van der Waals surface area contributed by atoms with Crippen LogP contribution < -0.4 is 5.73 Å². The molecule has 1 aromatic carbocycles. The van der Waals surface area contributed by atoms with Gasteiger partial charge >= 0.3 is 0 Å². The zero-order valence-electron chi connectivity index (χ0n) is 11.9. The number of nitrogens with zero attached hydrogens (tertiary/aromatic N) is 2. The molecule has 0 spiro atoms. The van der Waals surface area contributed by atoms with E-state index < -0.39 is 0 Å². The predicted molar refractivity (Wildman–Crippen MR) is 80.6 cm³/mol. The molecule has 2 heterocycles. The van der Waals surface area contributed by atoms with E-state index in [4.69, 9.17) is 10.5 Å². The average Bonchev–Trinajstić information content (AvgIpc) is 2.47. The molecule has 0 radical (unpaired) electrons. The molecule has 1 unspecified atom stereocenters. The summed E-state index contributed by atoms with van der Waals surface area (Å²) in [4.78, 5) is 6.95. The number of nitrogens with two attached hydrogens (primary N) is 1. The lowest BCUT2D eigenvalue weighted by atomic mass is 10.1. The second kappa shape index (κ2) is 5.87. The highest BCUT2D eigenvalue weighted by Gasteiger charge is 2.19. The molecule has 1 fully saturated rings. The summed E-state index contributed by atoms with van der Waals surface area (Å²) in [5.41, 5.74) is 9.13. The molecule has 20 heavy (non-hydrogen) atoms. The Balaban J connectivity index is 1.75. The van der Waals surface area contributed by atoms with Gasteiger partial charge < -0.3 is 10.5 Å². The largest absolute Gasteiger partial charge is 0.374 e. The van der Waals surface area contributed by atoms with Gasteiger partial charge in [-0.05, 0) is 30.7 Å². The minimum absolute atomic E-state index is 0.175. The van der Waals surface area contributed by atoms with Crippen LogP contribution in [0.3, 0.4) is 0 Å². The van der Waals surface area contributed by atoms with E-state index in [1.54, 1.807) is 0 Å². The molecule has 1 atom stereocenters. The Morgan fingerprint density at radius 1 is 1.35 bits per heavy atom. The summed E-state index contributed by atoms with van der Waals surface area (Å²) in [6, 6.07) is 10.7. The summed E-state index contributed by atoms with van der Waals surface area (Å²) >= 11 is 0. The van der Waals surface area contributed by atoms with Crippen LogP contribution in [-0.4, -0.2) is 42.2 Å². The van der Waals surface area contributed by atoms with Crippen molar-refractivity contribution in [2.24, 2.45) is 5.73 Å². The number of morpholine rings is 1. The summed E-state index contributed by atoms with van der Waals surface area (Å²) in [5, 5.41) is 1.21. The minimum Gasteiger partial charge on any atom is -0.374 e. The van der Waals surface area contributed by atoms with E-state index in [1.807, 2.05) is 6.92 Å². The van der Waals surface area contributed by atoms with Gasteiger partial charge in [0.15, 0.2) is 0 Å². The van der Waals surface area contributed by atoms with Crippen LogP contribution in [0.15, 0.2) is 30.3 Å². The molecule has 1 saturated heterocycles. The van der Waals surface area contributed by atoms with Crippen LogP contribution in [0.25, 0.3) is 10.9 Å². The number of fused-ring (bicyclic) bond motifs is 1. The van der Waals surface area contributed by atoms with Crippen molar-refractivity contribution in [3.05, 3.63) is 41.6 Å². The number of aryl methyl sites for hydroxylation is 1. The van der Waals surface area contributed by atoms with E-state index in [9.17, 15) is 0 Å². The van der Waals surface area contributed by atoms with Crippen LogP contribution in [0.2, 0.25) is 0 Å². The molecule has 4 nitrogen and oxygen atoms in total. The quantitative estimate of drug-likeness (QED) is 0.923. The van der Waals surface area contributed by atoms with Gasteiger partial charge in [-0.1, -0.05) is 12.1 Å².